The molecule has 1 aromatic carbocycles. The van der Waals surface area contributed by atoms with Crippen molar-refractivity contribution in [1.29, 1.82) is 0 Å². The van der Waals surface area contributed by atoms with Crippen molar-refractivity contribution in [3.8, 4) is 0 Å². The molecular formula is C18H32N2O. The number of likely N-dealkylation sites (N-methyl/N-ethyl adjacent to an activating group) is 1. The van der Waals surface area contributed by atoms with E-state index < -0.39 is 0 Å². The number of hydrogen-bond donors (Lipinski definition) is 1. The highest BCUT2D eigenvalue weighted by Gasteiger charge is 2.22. The summed E-state index contributed by atoms with van der Waals surface area (Å²) in [5.74, 6) is 0.728. The highest BCUT2D eigenvalue weighted by molar-refractivity contribution is 5.19. The van der Waals surface area contributed by atoms with Crippen molar-refractivity contribution < 1.29 is 4.74 Å². The van der Waals surface area contributed by atoms with Crippen LogP contribution in [0.4, 0.5) is 0 Å². The van der Waals surface area contributed by atoms with Gasteiger partial charge in [0.15, 0.2) is 0 Å². The third kappa shape index (κ3) is 5.77. The zero-order valence-electron chi connectivity index (χ0n) is 14.3. The van der Waals surface area contributed by atoms with Crippen molar-refractivity contribution in [2.24, 2.45) is 5.92 Å². The minimum atomic E-state index is 0.257. The molecule has 3 nitrogen and oxygen atoms in total. The first-order valence-corrected chi connectivity index (χ1v) is 8.07. The van der Waals surface area contributed by atoms with E-state index in [4.69, 9.17) is 4.74 Å². The molecule has 1 aromatic rings. The fraction of sp³-hybridized carbons (Fsp3) is 0.667. The first kappa shape index (κ1) is 18.1. The molecule has 2 unspecified atom stereocenters. The summed E-state index contributed by atoms with van der Waals surface area (Å²) in [5, 5.41) is 3.70. The van der Waals surface area contributed by atoms with Gasteiger partial charge < -0.3 is 15.0 Å². The fourth-order valence-electron chi connectivity index (χ4n) is 2.99. The van der Waals surface area contributed by atoms with Gasteiger partial charge in [-0.2, -0.15) is 0 Å². The van der Waals surface area contributed by atoms with Gasteiger partial charge in [0.25, 0.3) is 0 Å². The fourth-order valence-corrected chi connectivity index (χ4v) is 2.99. The summed E-state index contributed by atoms with van der Waals surface area (Å²) in [6.07, 6.45) is 2.45. The van der Waals surface area contributed by atoms with E-state index in [1.807, 2.05) is 0 Å². The number of ether oxygens (including phenoxy) is 1. The van der Waals surface area contributed by atoms with Crippen LogP contribution in [0.2, 0.25) is 0 Å². The molecule has 0 saturated heterocycles. The van der Waals surface area contributed by atoms with Crippen LogP contribution in [0.5, 0.6) is 0 Å². The van der Waals surface area contributed by atoms with Gasteiger partial charge in [-0.15, -0.1) is 0 Å². The smallest absolute Gasteiger partial charge is 0.0657 e. The Morgan fingerprint density at radius 1 is 1.10 bits per heavy atom. The molecule has 0 radical (unpaired) electrons. The molecule has 1 rings (SSSR count). The average molecular weight is 292 g/mol. The molecule has 0 aromatic heterocycles. The van der Waals surface area contributed by atoms with Gasteiger partial charge in [-0.1, -0.05) is 57.0 Å². The Bertz CT molecular complexity index is 363. The molecule has 2 atom stereocenters. The van der Waals surface area contributed by atoms with E-state index in [0.717, 1.165) is 12.5 Å². The van der Waals surface area contributed by atoms with E-state index in [-0.39, 0.29) is 6.04 Å². The predicted molar refractivity (Wildman–Crippen MR) is 90.6 cm³/mol. The van der Waals surface area contributed by atoms with Crippen LogP contribution in [-0.2, 0) is 4.74 Å². The Morgan fingerprint density at radius 3 is 2.19 bits per heavy atom. The maximum absolute atomic E-state index is 5.39. The Kier molecular flexibility index (Phi) is 8.58. The van der Waals surface area contributed by atoms with E-state index >= 15 is 0 Å². The van der Waals surface area contributed by atoms with Gasteiger partial charge in [-0.05, 0) is 25.6 Å². The lowest BCUT2D eigenvalue weighted by Crippen LogP contribution is -2.44. The normalized spacial score (nSPS) is 14.6. The second kappa shape index (κ2) is 9.93. The van der Waals surface area contributed by atoms with Crippen LogP contribution in [-0.4, -0.2) is 45.3 Å². The van der Waals surface area contributed by atoms with Crippen LogP contribution in [0.15, 0.2) is 30.3 Å². The lowest BCUT2D eigenvalue weighted by atomic mass is 9.93. The molecule has 0 heterocycles. The monoisotopic (exact) mass is 292 g/mol. The van der Waals surface area contributed by atoms with Gasteiger partial charge in [0.2, 0.25) is 0 Å². The molecular weight excluding hydrogens is 260 g/mol. The van der Waals surface area contributed by atoms with Crippen molar-refractivity contribution in [1.82, 2.24) is 10.2 Å². The number of methoxy groups -OCH3 is 1. The lowest BCUT2D eigenvalue weighted by Gasteiger charge is -2.33. The minimum absolute atomic E-state index is 0.257. The summed E-state index contributed by atoms with van der Waals surface area (Å²) < 4.78 is 5.39. The number of benzene rings is 1. The molecule has 0 aliphatic rings. The number of nitrogens with zero attached hydrogens (tertiary/aromatic N) is 1. The van der Waals surface area contributed by atoms with Crippen molar-refractivity contribution in [3.05, 3.63) is 35.9 Å². The molecule has 0 amide bonds. The summed E-state index contributed by atoms with van der Waals surface area (Å²) in [7, 11) is 6.12. The molecule has 0 bridgehead atoms. The van der Waals surface area contributed by atoms with Crippen LogP contribution < -0.4 is 5.32 Å². The van der Waals surface area contributed by atoms with Gasteiger partial charge in [0.05, 0.1) is 12.6 Å². The van der Waals surface area contributed by atoms with E-state index in [1.54, 1.807) is 7.11 Å². The molecule has 0 fully saturated rings. The molecule has 0 spiro atoms. The van der Waals surface area contributed by atoms with Crippen molar-refractivity contribution in [2.75, 3.05) is 34.4 Å². The Balaban J connectivity index is 2.70. The Morgan fingerprint density at radius 2 is 1.71 bits per heavy atom. The number of hydrogen-bond acceptors (Lipinski definition) is 3. The van der Waals surface area contributed by atoms with Gasteiger partial charge in [0.1, 0.15) is 0 Å². The van der Waals surface area contributed by atoms with Crippen LogP contribution >= 0.6 is 0 Å². The van der Waals surface area contributed by atoms with Crippen LogP contribution in [0.25, 0.3) is 0 Å². The number of nitrogens with one attached hydrogen (secondary N) is 1. The summed E-state index contributed by atoms with van der Waals surface area (Å²) in [6.45, 7) is 6.26. The van der Waals surface area contributed by atoms with Gasteiger partial charge >= 0.3 is 0 Å². The zero-order chi connectivity index (χ0) is 15.7. The zero-order valence-corrected chi connectivity index (χ0v) is 14.3. The van der Waals surface area contributed by atoms with Crippen molar-refractivity contribution in [3.63, 3.8) is 0 Å². The van der Waals surface area contributed by atoms with E-state index in [0.29, 0.717) is 12.6 Å². The molecule has 3 heteroatoms. The summed E-state index contributed by atoms with van der Waals surface area (Å²) in [5.41, 5.74) is 1.29. The Hall–Kier alpha value is -0.900. The molecule has 1 N–H and O–H groups in total. The predicted octanol–water partition coefficient (Wildman–Crippen LogP) is 3.33. The summed E-state index contributed by atoms with van der Waals surface area (Å²) in [6, 6.07) is 11.4. The van der Waals surface area contributed by atoms with Crippen molar-refractivity contribution >= 4 is 0 Å². The first-order valence-electron chi connectivity index (χ1n) is 8.07. The second-order valence-electron chi connectivity index (χ2n) is 5.93. The quantitative estimate of drug-likeness (QED) is 0.716. The molecule has 0 aliphatic heterocycles. The standard InChI is InChI=1S/C18H32N2O/c1-6-15(7-2)18(20(3)4)13-19-17(14-21-5)16-11-9-8-10-12-16/h8-12,15,17-19H,6-7,13-14H2,1-5H3. The van der Waals surface area contributed by atoms with Gasteiger partial charge in [-0.3, -0.25) is 0 Å². The highest BCUT2D eigenvalue weighted by atomic mass is 16.5. The Labute approximate surface area is 130 Å². The summed E-state index contributed by atoms with van der Waals surface area (Å²) >= 11 is 0. The maximum atomic E-state index is 5.39. The maximum Gasteiger partial charge on any atom is 0.0657 e. The largest absolute Gasteiger partial charge is 0.383 e. The van der Waals surface area contributed by atoms with Gasteiger partial charge in [-0.25, -0.2) is 0 Å². The second-order valence-corrected chi connectivity index (χ2v) is 5.93. The molecule has 0 aliphatic carbocycles. The van der Waals surface area contributed by atoms with Crippen molar-refractivity contribution in [2.45, 2.75) is 38.8 Å². The molecule has 0 saturated carbocycles. The van der Waals surface area contributed by atoms with Gasteiger partial charge in [0, 0.05) is 19.7 Å². The summed E-state index contributed by atoms with van der Waals surface area (Å²) in [4.78, 5) is 2.35. The SMILES string of the molecule is CCC(CC)C(CNC(COC)c1ccccc1)N(C)C. The molecule has 21 heavy (non-hydrogen) atoms. The third-order valence-electron chi connectivity index (χ3n) is 4.36. The first-order chi connectivity index (χ1) is 10.1. The van der Waals surface area contributed by atoms with Crippen LogP contribution in [0, 0.1) is 5.92 Å². The minimum Gasteiger partial charge on any atom is -0.383 e. The lowest BCUT2D eigenvalue weighted by molar-refractivity contribution is 0.148. The van der Waals surface area contributed by atoms with Crippen LogP contribution in [0.1, 0.15) is 38.3 Å². The average Bonchev–Trinajstić information content (AvgIpc) is 2.50. The van der Waals surface area contributed by atoms with E-state index in [2.05, 4.69) is 68.5 Å². The van der Waals surface area contributed by atoms with Crippen LogP contribution in [0.3, 0.4) is 0 Å². The molecule has 120 valence electrons. The van der Waals surface area contributed by atoms with E-state index in [9.17, 15) is 0 Å². The third-order valence-corrected chi connectivity index (χ3v) is 4.36. The number of rotatable bonds is 10. The van der Waals surface area contributed by atoms with E-state index in [1.165, 1.54) is 18.4 Å². The highest BCUT2D eigenvalue weighted by Crippen LogP contribution is 2.18. The topological polar surface area (TPSA) is 24.5 Å².